The van der Waals surface area contributed by atoms with Gasteiger partial charge in [-0.25, -0.2) is 9.59 Å². The van der Waals surface area contributed by atoms with E-state index in [4.69, 9.17) is 9.47 Å². The van der Waals surface area contributed by atoms with Crippen molar-refractivity contribution in [2.45, 2.75) is 0 Å². The lowest BCUT2D eigenvalue weighted by molar-refractivity contribution is -0.123. The molecular formula is C15H21N3O5. The van der Waals surface area contributed by atoms with Crippen LogP contribution in [0, 0.1) is 0 Å². The molecule has 0 heterocycles. The number of esters is 1. The van der Waals surface area contributed by atoms with Crippen LogP contribution in [0.4, 0.5) is 10.5 Å². The van der Waals surface area contributed by atoms with Crippen LogP contribution in [0.15, 0.2) is 24.3 Å². The highest BCUT2D eigenvalue weighted by molar-refractivity contribution is 5.97. The van der Waals surface area contributed by atoms with E-state index in [1.165, 1.54) is 7.11 Å². The van der Waals surface area contributed by atoms with Crippen molar-refractivity contribution in [1.82, 2.24) is 10.6 Å². The first kappa shape index (κ1) is 18.4. The summed E-state index contributed by atoms with van der Waals surface area (Å²) >= 11 is 0. The van der Waals surface area contributed by atoms with Crippen LogP contribution in [0.5, 0.6) is 0 Å². The summed E-state index contributed by atoms with van der Waals surface area (Å²) in [6.45, 7) is 0.0686. The van der Waals surface area contributed by atoms with E-state index in [9.17, 15) is 14.4 Å². The summed E-state index contributed by atoms with van der Waals surface area (Å²) in [5.74, 6) is -1.34. The number of rotatable bonds is 7. The van der Waals surface area contributed by atoms with Crippen LogP contribution >= 0.6 is 0 Å². The number of carbonyl (C=O) groups excluding carboxylic acids is 3. The van der Waals surface area contributed by atoms with Crippen molar-refractivity contribution >= 4 is 23.6 Å². The number of ether oxygens (including phenoxy) is 2. The maximum Gasteiger partial charge on any atom is 0.338 e. The van der Waals surface area contributed by atoms with Crippen molar-refractivity contribution in [3.05, 3.63) is 29.8 Å². The molecule has 1 aromatic carbocycles. The van der Waals surface area contributed by atoms with Gasteiger partial charge in [0.2, 0.25) is 0 Å². The maximum absolute atomic E-state index is 11.8. The number of nitrogens with zero attached hydrogens (tertiary/aromatic N) is 1. The molecule has 0 bridgehead atoms. The van der Waals surface area contributed by atoms with E-state index in [1.807, 2.05) is 24.3 Å². The van der Waals surface area contributed by atoms with Gasteiger partial charge in [-0.3, -0.25) is 10.1 Å². The lowest BCUT2D eigenvalue weighted by Crippen LogP contribution is -2.42. The van der Waals surface area contributed by atoms with Crippen LogP contribution in [0.1, 0.15) is 10.4 Å². The highest BCUT2D eigenvalue weighted by Crippen LogP contribution is 2.12. The molecule has 8 nitrogen and oxygen atoms in total. The van der Waals surface area contributed by atoms with E-state index in [1.54, 1.807) is 24.3 Å². The average Bonchev–Trinajstić information content (AvgIpc) is 2.53. The van der Waals surface area contributed by atoms with E-state index in [2.05, 4.69) is 5.32 Å². The zero-order valence-corrected chi connectivity index (χ0v) is 13.4. The minimum atomic E-state index is -0.710. The molecule has 1 rings (SSSR count). The molecule has 0 radical (unpaired) electrons. The van der Waals surface area contributed by atoms with Gasteiger partial charge in [0.25, 0.3) is 5.91 Å². The van der Waals surface area contributed by atoms with Gasteiger partial charge < -0.3 is 19.7 Å². The number of methoxy groups -OCH3 is 1. The molecule has 0 aliphatic carbocycles. The Kier molecular flexibility index (Phi) is 7.55. The van der Waals surface area contributed by atoms with Gasteiger partial charge in [0, 0.05) is 33.4 Å². The van der Waals surface area contributed by atoms with Crippen molar-refractivity contribution in [2.24, 2.45) is 0 Å². The summed E-state index contributed by atoms with van der Waals surface area (Å²) in [6, 6.07) is 6.07. The molecule has 0 aromatic heterocycles. The van der Waals surface area contributed by atoms with E-state index in [0.29, 0.717) is 12.2 Å². The van der Waals surface area contributed by atoms with Crippen LogP contribution in [0.2, 0.25) is 0 Å². The largest absolute Gasteiger partial charge is 0.452 e. The first-order valence-electron chi connectivity index (χ1n) is 6.95. The molecule has 0 fully saturated rings. The van der Waals surface area contributed by atoms with Gasteiger partial charge in [0.15, 0.2) is 6.61 Å². The number of imide groups is 1. The highest BCUT2D eigenvalue weighted by Gasteiger charge is 2.12. The smallest absolute Gasteiger partial charge is 0.338 e. The molecule has 0 aliphatic rings. The molecule has 126 valence electrons. The zero-order valence-electron chi connectivity index (χ0n) is 13.4. The lowest BCUT2D eigenvalue weighted by atomic mass is 10.2. The molecule has 0 atom stereocenters. The second-order valence-electron chi connectivity index (χ2n) is 4.81. The van der Waals surface area contributed by atoms with Crippen LogP contribution in [0.25, 0.3) is 0 Å². The summed E-state index contributed by atoms with van der Waals surface area (Å²) in [7, 11) is 5.26. The van der Waals surface area contributed by atoms with Gasteiger partial charge in [-0.1, -0.05) is 0 Å². The summed E-state index contributed by atoms with van der Waals surface area (Å²) in [5, 5.41) is 4.45. The van der Waals surface area contributed by atoms with Gasteiger partial charge in [0.05, 0.1) is 12.2 Å². The molecule has 8 heteroatoms. The van der Waals surface area contributed by atoms with Crippen molar-refractivity contribution in [3.8, 4) is 0 Å². The second kappa shape index (κ2) is 9.42. The topological polar surface area (TPSA) is 97.0 Å². The Labute approximate surface area is 134 Å². The Morgan fingerprint density at radius 2 is 1.78 bits per heavy atom. The molecule has 0 saturated heterocycles. The molecule has 1 aromatic rings. The van der Waals surface area contributed by atoms with Crippen molar-refractivity contribution in [2.75, 3.05) is 45.9 Å². The number of nitrogens with one attached hydrogen (secondary N) is 2. The van der Waals surface area contributed by atoms with E-state index >= 15 is 0 Å². The number of carbonyl (C=O) groups is 3. The van der Waals surface area contributed by atoms with Gasteiger partial charge in [-0.05, 0) is 24.3 Å². The van der Waals surface area contributed by atoms with Crippen molar-refractivity contribution < 1.29 is 23.9 Å². The normalized spacial score (nSPS) is 9.87. The van der Waals surface area contributed by atoms with E-state index < -0.39 is 24.5 Å². The number of anilines is 1. The van der Waals surface area contributed by atoms with Crippen LogP contribution in [-0.2, 0) is 14.3 Å². The molecule has 0 aliphatic heterocycles. The van der Waals surface area contributed by atoms with Gasteiger partial charge >= 0.3 is 12.0 Å². The third-order valence-corrected chi connectivity index (χ3v) is 2.80. The fourth-order valence-corrected chi connectivity index (χ4v) is 1.58. The predicted molar refractivity (Wildman–Crippen MR) is 84.5 cm³/mol. The van der Waals surface area contributed by atoms with Gasteiger partial charge in [0.1, 0.15) is 0 Å². The van der Waals surface area contributed by atoms with Crippen LogP contribution in [-0.4, -0.2) is 58.9 Å². The highest BCUT2D eigenvalue weighted by atomic mass is 16.5. The molecule has 0 unspecified atom stereocenters. The maximum atomic E-state index is 11.8. The Bertz CT molecular complexity index is 543. The third-order valence-electron chi connectivity index (χ3n) is 2.80. The molecule has 0 saturated carbocycles. The van der Waals surface area contributed by atoms with Gasteiger partial charge in [-0.15, -0.1) is 0 Å². The van der Waals surface area contributed by atoms with Gasteiger partial charge in [-0.2, -0.15) is 0 Å². The zero-order chi connectivity index (χ0) is 17.2. The summed E-state index contributed by atoms with van der Waals surface area (Å²) < 4.78 is 9.60. The van der Waals surface area contributed by atoms with Crippen LogP contribution < -0.4 is 15.5 Å². The lowest BCUT2D eigenvalue weighted by Gasteiger charge is -2.12. The predicted octanol–water partition coefficient (Wildman–Crippen LogP) is 0.382. The fourth-order valence-electron chi connectivity index (χ4n) is 1.58. The Hall–Kier alpha value is -2.61. The Morgan fingerprint density at radius 3 is 2.35 bits per heavy atom. The third kappa shape index (κ3) is 6.79. The van der Waals surface area contributed by atoms with Crippen LogP contribution in [0.3, 0.4) is 0 Å². The number of amides is 3. The number of hydrogen-bond donors (Lipinski definition) is 2. The minimum Gasteiger partial charge on any atom is -0.452 e. The summed E-state index contributed by atoms with van der Waals surface area (Å²) in [6.07, 6.45) is 0. The first-order chi connectivity index (χ1) is 10.9. The molecule has 0 spiro atoms. The monoisotopic (exact) mass is 323 g/mol. The fraction of sp³-hybridized carbons (Fsp3) is 0.400. The number of urea groups is 1. The Balaban J connectivity index is 2.37. The summed E-state index contributed by atoms with van der Waals surface area (Å²) in [5.41, 5.74) is 1.26. The quantitative estimate of drug-likeness (QED) is 0.556. The van der Waals surface area contributed by atoms with E-state index in [0.717, 1.165) is 5.69 Å². The molecule has 2 N–H and O–H groups in total. The number of benzene rings is 1. The minimum absolute atomic E-state index is 0.271. The molecule has 23 heavy (non-hydrogen) atoms. The molecule has 3 amide bonds. The second-order valence-corrected chi connectivity index (χ2v) is 4.81. The Morgan fingerprint density at radius 1 is 1.13 bits per heavy atom. The number of hydrogen-bond acceptors (Lipinski definition) is 6. The van der Waals surface area contributed by atoms with E-state index in [-0.39, 0.29) is 6.54 Å². The molecular weight excluding hydrogens is 302 g/mol. The standard InChI is InChI=1S/C15H21N3O5/c1-18(2)12-6-4-11(5-7-12)14(20)23-10-13(19)17-15(21)16-8-9-22-3/h4-7H,8-10H2,1-3H3,(H2,16,17,19,21). The SMILES string of the molecule is COCCNC(=O)NC(=O)COC(=O)c1ccc(N(C)C)cc1. The summed E-state index contributed by atoms with van der Waals surface area (Å²) in [4.78, 5) is 36.5. The first-order valence-corrected chi connectivity index (χ1v) is 6.95. The average molecular weight is 323 g/mol. The van der Waals surface area contributed by atoms with Crippen molar-refractivity contribution in [1.29, 1.82) is 0 Å². The van der Waals surface area contributed by atoms with Crippen molar-refractivity contribution in [3.63, 3.8) is 0 Å².